The summed E-state index contributed by atoms with van der Waals surface area (Å²) in [6.45, 7) is 0. The van der Waals surface area contributed by atoms with Gasteiger partial charge in [-0.15, -0.1) is 0 Å². The number of ether oxygens (including phenoxy) is 2. The maximum Gasteiger partial charge on any atom is 0.271 e. The second kappa shape index (κ2) is 4.90. The third-order valence-corrected chi connectivity index (χ3v) is 3.27. The fraction of sp³-hybridized carbons (Fsp3) is 0.133. The molecule has 1 aliphatic heterocycles. The molecule has 106 valence electrons. The molecule has 0 radical (unpaired) electrons. The molecule has 0 spiro atoms. The Balaban J connectivity index is 2.17. The average molecular weight is 284 g/mol. The van der Waals surface area contributed by atoms with Gasteiger partial charge in [-0.1, -0.05) is 6.07 Å². The van der Waals surface area contributed by atoms with Crippen LogP contribution in [0.3, 0.4) is 0 Å². The molecule has 0 unspecified atom stereocenters. The zero-order chi connectivity index (χ0) is 15.0. The number of carbonyl (C=O) groups is 2. The van der Waals surface area contributed by atoms with Crippen LogP contribution in [-0.4, -0.2) is 31.0 Å². The third-order valence-electron chi connectivity index (χ3n) is 3.27. The highest BCUT2D eigenvalue weighted by Crippen LogP contribution is 2.39. The fourth-order valence-electron chi connectivity index (χ4n) is 2.34. The molecule has 0 aliphatic carbocycles. The number of rotatable bonds is 3. The largest absolute Gasteiger partial charge is 0.493 e. The normalized spacial score (nSPS) is 13.3. The van der Waals surface area contributed by atoms with Crippen LogP contribution in [0, 0.1) is 0 Å². The van der Waals surface area contributed by atoms with Crippen LogP contribution >= 0.6 is 0 Å². The minimum Gasteiger partial charge on any atom is -0.493 e. The lowest BCUT2D eigenvalue weighted by atomic mass is 10.1. The second-order valence-corrected chi connectivity index (χ2v) is 4.36. The van der Waals surface area contributed by atoms with E-state index in [-0.39, 0.29) is 22.7 Å². The van der Waals surface area contributed by atoms with Crippen LogP contribution in [0.15, 0.2) is 36.5 Å². The summed E-state index contributed by atoms with van der Waals surface area (Å²) in [5.74, 6) is 0.0517. The molecule has 0 fully saturated rings. The predicted molar refractivity (Wildman–Crippen MR) is 74.9 cm³/mol. The van der Waals surface area contributed by atoms with Crippen LogP contribution < -0.4 is 14.4 Å². The molecule has 3 rings (SSSR count). The smallest absolute Gasteiger partial charge is 0.271 e. The number of carbonyl (C=O) groups excluding carboxylic acids is 2. The average Bonchev–Trinajstić information content (AvgIpc) is 2.78. The number of methoxy groups -OCH3 is 2. The van der Waals surface area contributed by atoms with Crippen molar-refractivity contribution in [2.75, 3.05) is 19.1 Å². The predicted octanol–water partition coefficient (Wildman–Crippen LogP) is 1.90. The summed E-state index contributed by atoms with van der Waals surface area (Å²) >= 11 is 0. The van der Waals surface area contributed by atoms with E-state index in [1.807, 2.05) is 0 Å². The number of hydrogen-bond donors (Lipinski definition) is 0. The standard InChI is InChI=1S/C15H12N2O4/c1-20-10-7-6-9-12(13(10)21-2)15(19)17(14(9)18)11-5-3-4-8-16-11/h3-8H,1-2H3. The van der Waals surface area contributed by atoms with Crippen LogP contribution in [0.25, 0.3) is 0 Å². The lowest BCUT2D eigenvalue weighted by molar-refractivity contribution is 0.0924. The molecule has 21 heavy (non-hydrogen) atoms. The van der Waals surface area contributed by atoms with Crippen LogP contribution in [0.1, 0.15) is 20.7 Å². The van der Waals surface area contributed by atoms with E-state index in [2.05, 4.69) is 4.98 Å². The first-order chi connectivity index (χ1) is 10.2. The Morgan fingerprint density at radius 3 is 2.43 bits per heavy atom. The number of benzene rings is 1. The molecule has 0 N–H and O–H groups in total. The molecule has 1 aromatic heterocycles. The summed E-state index contributed by atoms with van der Waals surface area (Å²) in [4.78, 5) is 30.1. The van der Waals surface area contributed by atoms with Gasteiger partial charge in [-0.3, -0.25) is 9.59 Å². The van der Waals surface area contributed by atoms with Crippen molar-refractivity contribution >= 4 is 17.6 Å². The van der Waals surface area contributed by atoms with Gasteiger partial charge in [0.05, 0.1) is 25.3 Å². The molecule has 6 heteroatoms. The van der Waals surface area contributed by atoms with E-state index < -0.39 is 11.8 Å². The van der Waals surface area contributed by atoms with Crippen LogP contribution in [0.5, 0.6) is 11.5 Å². The van der Waals surface area contributed by atoms with Crippen molar-refractivity contribution < 1.29 is 19.1 Å². The maximum atomic E-state index is 12.6. The molecule has 0 bridgehead atoms. The minimum absolute atomic E-state index is 0.201. The second-order valence-electron chi connectivity index (χ2n) is 4.36. The van der Waals surface area contributed by atoms with Crippen molar-refractivity contribution in [3.63, 3.8) is 0 Å². The Morgan fingerprint density at radius 2 is 1.81 bits per heavy atom. The van der Waals surface area contributed by atoms with Crippen molar-refractivity contribution in [1.82, 2.24) is 4.98 Å². The monoisotopic (exact) mass is 284 g/mol. The summed E-state index contributed by atoms with van der Waals surface area (Å²) in [6.07, 6.45) is 1.52. The quantitative estimate of drug-likeness (QED) is 0.805. The van der Waals surface area contributed by atoms with Gasteiger partial charge < -0.3 is 9.47 Å². The lowest BCUT2D eigenvalue weighted by Gasteiger charge is -2.12. The Labute approximate surface area is 120 Å². The van der Waals surface area contributed by atoms with Gasteiger partial charge in [0, 0.05) is 6.20 Å². The van der Waals surface area contributed by atoms with Crippen molar-refractivity contribution in [1.29, 1.82) is 0 Å². The zero-order valence-corrected chi connectivity index (χ0v) is 11.5. The number of fused-ring (bicyclic) bond motifs is 1. The van der Waals surface area contributed by atoms with Gasteiger partial charge in [0.25, 0.3) is 11.8 Å². The van der Waals surface area contributed by atoms with E-state index in [0.717, 1.165) is 4.90 Å². The molecule has 2 amide bonds. The van der Waals surface area contributed by atoms with E-state index in [9.17, 15) is 9.59 Å². The number of amides is 2. The number of nitrogens with zero attached hydrogens (tertiary/aromatic N) is 2. The van der Waals surface area contributed by atoms with Gasteiger partial charge in [0.15, 0.2) is 11.5 Å². The topological polar surface area (TPSA) is 68.7 Å². The van der Waals surface area contributed by atoms with Crippen molar-refractivity contribution in [2.45, 2.75) is 0 Å². The van der Waals surface area contributed by atoms with E-state index in [4.69, 9.17) is 9.47 Å². The third kappa shape index (κ3) is 1.84. The van der Waals surface area contributed by atoms with Crippen LogP contribution in [-0.2, 0) is 0 Å². The molecule has 1 aliphatic rings. The van der Waals surface area contributed by atoms with Gasteiger partial charge in [0.2, 0.25) is 0 Å². The first kappa shape index (κ1) is 13.1. The highest BCUT2D eigenvalue weighted by molar-refractivity contribution is 6.35. The summed E-state index contributed by atoms with van der Waals surface area (Å²) in [5, 5.41) is 0. The van der Waals surface area contributed by atoms with Crippen molar-refractivity contribution in [2.24, 2.45) is 0 Å². The Hall–Kier alpha value is -2.89. The Bertz CT molecular complexity index is 728. The zero-order valence-electron chi connectivity index (χ0n) is 11.5. The number of pyridine rings is 1. The van der Waals surface area contributed by atoms with Gasteiger partial charge in [-0.25, -0.2) is 9.88 Å². The van der Waals surface area contributed by atoms with Crippen LogP contribution in [0.2, 0.25) is 0 Å². The highest BCUT2D eigenvalue weighted by Gasteiger charge is 2.40. The van der Waals surface area contributed by atoms with Crippen molar-refractivity contribution in [3.05, 3.63) is 47.7 Å². The Morgan fingerprint density at radius 1 is 1.00 bits per heavy atom. The molecular weight excluding hydrogens is 272 g/mol. The summed E-state index contributed by atoms with van der Waals surface area (Å²) in [5.41, 5.74) is 0.482. The SMILES string of the molecule is COc1ccc2c(c1OC)C(=O)N(c1ccccn1)C2=O. The van der Waals surface area contributed by atoms with Gasteiger partial charge in [0.1, 0.15) is 5.82 Å². The Kier molecular flexibility index (Phi) is 3.06. The molecule has 6 nitrogen and oxygen atoms in total. The number of aromatic nitrogens is 1. The van der Waals surface area contributed by atoms with Gasteiger partial charge in [-0.2, -0.15) is 0 Å². The molecule has 0 atom stereocenters. The molecule has 0 saturated carbocycles. The number of hydrogen-bond acceptors (Lipinski definition) is 5. The van der Waals surface area contributed by atoms with E-state index in [0.29, 0.717) is 5.75 Å². The molecular formula is C15H12N2O4. The first-order valence-electron chi connectivity index (χ1n) is 6.23. The lowest BCUT2D eigenvalue weighted by Crippen LogP contribution is -2.30. The summed E-state index contributed by atoms with van der Waals surface area (Å²) in [6, 6.07) is 8.19. The number of anilines is 1. The maximum absolute atomic E-state index is 12.6. The van der Waals surface area contributed by atoms with E-state index in [1.54, 1.807) is 30.3 Å². The van der Waals surface area contributed by atoms with E-state index >= 15 is 0 Å². The minimum atomic E-state index is -0.468. The summed E-state index contributed by atoms with van der Waals surface area (Å²) in [7, 11) is 2.90. The van der Waals surface area contributed by atoms with Crippen LogP contribution in [0.4, 0.5) is 5.82 Å². The fourth-order valence-corrected chi connectivity index (χ4v) is 2.34. The summed E-state index contributed by atoms with van der Waals surface area (Å²) < 4.78 is 10.4. The van der Waals surface area contributed by atoms with Gasteiger partial charge >= 0.3 is 0 Å². The van der Waals surface area contributed by atoms with Crippen molar-refractivity contribution in [3.8, 4) is 11.5 Å². The first-order valence-corrected chi connectivity index (χ1v) is 6.23. The molecule has 0 saturated heterocycles. The number of imide groups is 1. The molecule has 1 aromatic carbocycles. The van der Waals surface area contributed by atoms with E-state index in [1.165, 1.54) is 20.4 Å². The highest BCUT2D eigenvalue weighted by atomic mass is 16.5. The molecule has 2 heterocycles. The van der Waals surface area contributed by atoms with Gasteiger partial charge in [-0.05, 0) is 24.3 Å². The molecule has 2 aromatic rings.